The van der Waals surface area contributed by atoms with Crippen molar-refractivity contribution in [3.63, 3.8) is 0 Å². The van der Waals surface area contributed by atoms with Gasteiger partial charge in [0, 0.05) is 6.54 Å². The highest BCUT2D eigenvalue weighted by molar-refractivity contribution is 9.09. The lowest BCUT2D eigenvalue weighted by atomic mass is 10.2. The zero-order valence-electron chi connectivity index (χ0n) is 6.50. The second-order valence-corrected chi connectivity index (χ2v) is 3.15. The van der Waals surface area contributed by atoms with Gasteiger partial charge in [0.1, 0.15) is 6.04 Å². The average molecular weight is 234 g/mol. The Morgan fingerprint density at radius 3 is 2.83 bits per heavy atom. The van der Waals surface area contributed by atoms with E-state index >= 15 is 0 Å². The molecule has 1 aliphatic rings. The maximum Gasteiger partial charge on any atom is 0.240 e. The fraction of sp³-hybridized carbons (Fsp3) is 0.571. The zero-order valence-corrected chi connectivity index (χ0v) is 8.08. The van der Waals surface area contributed by atoms with E-state index in [0.29, 0.717) is 6.54 Å². The predicted octanol–water partition coefficient (Wildman–Crippen LogP) is -0.328. The van der Waals surface area contributed by atoms with E-state index in [2.05, 4.69) is 15.9 Å². The summed E-state index contributed by atoms with van der Waals surface area (Å²) in [4.78, 5) is 23.5. The molecule has 5 heteroatoms. The summed E-state index contributed by atoms with van der Waals surface area (Å²) in [5, 5.41) is 0.241. The van der Waals surface area contributed by atoms with Crippen molar-refractivity contribution >= 4 is 27.7 Å². The highest BCUT2D eigenvalue weighted by Gasteiger charge is 2.31. The van der Waals surface area contributed by atoms with Crippen molar-refractivity contribution < 1.29 is 9.59 Å². The SMILES string of the molecule is NC(=O)[C@H]1[CH]CCN1C(=O)CBr. The summed E-state index contributed by atoms with van der Waals surface area (Å²) < 4.78 is 0. The van der Waals surface area contributed by atoms with Crippen LogP contribution in [-0.2, 0) is 9.59 Å². The Morgan fingerprint density at radius 1 is 1.67 bits per heavy atom. The molecule has 2 N–H and O–H groups in total. The second-order valence-electron chi connectivity index (χ2n) is 2.59. The van der Waals surface area contributed by atoms with Crippen LogP contribution in [0.25, 0.3) is 0 Å². The highest BCUT2D eigenvalue weighted by Crippen LogP contribution is 2.16. The molecule has 67 valence electrons. The maximum atomic E-state index is 11.2. The summed E-state index contributed by atoms with van der Waals surface area (Å²) in [6, 6.07) is -0.505. The first-order valence-corrected chi connectivity index (χ1v) is 4.77. The Hall–Kier alpha value is -0.580. The van der Waals surface area contributed by atoms with Crippen molar-refractivity contribution in [2.24, 2.45) is 5.73 Å². The molecule has 1 fully saturated rings. The Morgan fingerprint density at radius 2 is 2.33 bits per heavy atom. The number of hydrogen-bond donors (Lipinski definition) is 1. The first-order chi connectivity index (χ1) is 5.66. The van der Waals surface area contributed by atoms with E-state index in [1.54, 1.807) is 6.42 Å². The van der Waals surface area contributed by atoms with Crippen molar-refractivity contribution in [2.45, 2.75) is 12.5 Å². The number of rotatable bonds is 2. The van der Waals surface area contributed by atoms with Crippen LogP contribution in [0.4, 0.5) is 0 Å². The monoisotopic (exact) mass is 233 g/mol. The van der Waals surface area contributed by atoms with Crippen LogP contribution in [0.15, 0.2) is 0 Å². The highest BCUT2D eigenvalue weighted by atomic mass is 79.9. The molecule has 1 heterocycles. The fourth-order valence-corrected chi connectivity index (χ4v) is 1.59. The predicted molar refractivity (Wildman–Crippen MR) is 47.4 cm³/mol. The smallest absolute Gasteiger partial charge is 0.240 e. The van der Waals surface area contributed by atoms with Gasteiger partial charge in [-0.05, 0) is 12.8 Å². The van der Waals surface area contributed by atoms with E-state index in [1.807, 2.05) is 0 Å². The second kappa shape index (κ2) is 3.89. The van der Waals surface area contributed by atoms with E-state index in [9.17, 15) is 9.59 Å². The molecule has 4 nitrogen and oxygen atoms in total. The van der Waals surface area contributed by atoms with E-state index in [1.165, 1.54) is 4.90 Å². The summed E-state index contributed by atoms with van der Waals surface area (Å²) in [5.74, 6) is -0.547. The van der Waals surface area contributed by atoms with Crippen LogP contribution in [0.1, 0.15) is 6.42 Å². The Balaban J connectivity index is 2.63. The molecule has 0 spiro atoms. The van der Waals surface area contributed by atoms with Crippen molar-refractivity contribution in [2.75, 3.05) is 11.9 Å². The summed E-state index contributed by atoms with van der Waals surface area (Å²) in [6.07, 6.45) is 2.51. The summed E-state index contributed by atoms with van der Waals surface area (Å²) in [5.41, 5.74) is 5.10. The van der Waals surface area contributed by atoms with E-state index in [-0.39, 0.29) is 11.2 Å². The Kier molecular flexibility index (Phi) is 3.08. The van der Waals surface area contributed by atoms with Crippen LogP contribution in [0.3, 0.4) is 0 Å². The average Bonchev–Trinajstić information content (AvgIpc) is 2.50. The molecular formula is C7H10BrN2O2. The molecule has 0 unspecified atom stereocenters. The standard InChI is InChI=1S/C7H10BrN2O2/c8-4-6(11)10-3-1-2-5(10)7(9)12/h2,5H,1,3-4H2,(H2,9,12)/t5-/m1/s1. The van der Waals surface area contributed by atoms with Crippen LogP contribution >= 0.6 is 15.9 Å². The fourth-order valence-electron chi connectivity index (χ4n) is 1.26. The van der Waals surface area contributed by atoms with Gasteiger partial charge in [0.25, 0.3) is 0 Å². The van der Waals surface area contributed by atoms with Gasteiger partial charge in [-0.2, -0.15) is 0 Å². The number of alkyl halides is 1. The zero-order chi connectivity index (χ0) is 9.14. The molecule has 0 saturated carbocycles. The number of primary amides is 1. The van der Waals surface area contributed by atoms with Gasteiger partial charge in [0.15, 0.2) is 0 Å². The molecule has 0 aromatic rings. The van der Waals surface area contributed by atoms with Gasteiger partial charge in [0.2, 0.25) is 11.8 Å². The third-order valence-corrected chi connectivity index (χ3v) is 2.30. The number of likely N-dealkylation sites (tertiary alicyclic amines) is 1. The van der Waals surface area contributed by atoms with Crippen LogP contribution in [0, 0.1) is 6.42 Å². The maximum absolute atomic E-state index is 11.2. The number of hydrogen-bond acceptors (Lipinski definition) is 2. The molecule has 1 atom stereocenters. The molecule has 0 bridgehead atoms. The molecule has 2 amide bonds. The van der Waals surface area contributed by atoms with Crippen LogP contribution in [-0.4, -0.2) is 34.6 Å². The van der Waals surface area contributed by atoms with Gasteiger partial charge >= 0.3 is 0 Å². The minimum atomic E-state index is -0.505. The number of carbonyl (C=O) groups is 2. The van der Waals surface area contributed by atoms with Gasteiger partial charge in [-0.15, -0.1) is 0 Å². The van der Waals surface area contributed by atoms with Crippen molar-refractivity contribution in [1.29, 1.82) is 0 Å². The third-order valence-electron chi connectivity index (χ3n) is 1.82. The normalized spacial score (nSPS) is 22.8. The minimum Gasteiger partial charge on any atom is -0.368 e. The quantitative estimate of drug-likeness (QED) is 0.665. The molecule has 1 aliphatic heterocycles. The van der Waals surface area contributed by atoms with Gasteiger partial charge in [-0.3, -0.25) is 9.59 Å². The van der Waals surface area contributed by atoms with Gasteiger partial charge in [-0.25, -0.2) is 0 Å². The number of nitrogens with two attached hydrogens (primary N) is 1. The minimum absolute atomic E-state index is 0.0902. The van der Waals surface area contributed by atoms with Crippen LogP contribution in [0.5, 0.6) is 0 Å². The molecule has 0 aliphatic carbocycles. The van der Waals surface area contributed by atoms with E-state index in [0.717, 1.165) is 6.42 Å². The lowest BCUT2D eigenvalue weighted by Gasteiger charge is -2.20. The third kappa shape index (κ3) is 1.77. The first-order valence-electron chi connectivity index (χ1n) is 3.65. The molecule has 1 radical (unpaired) electrons. The van der Waals surface area contributed by atoms with Crippen molar-refractivity contribution in [1.82, 2.24) is 4.90 Å². The first kappa shape index (κ1) is 9.51. The molecule has 12 heavy (non-hydrogen) atoms. The summed E-state index contributed by atoms with van der Waals surface area (Å²) >= 11 is 3.04. The Labute approximate surface area is 79.2 Å². The number of carbonyl (C=O) groups excluding carboxylic acids is 2. The van der Waals surface area contributed by atoms with Crippen molar-refractivity contribution in [3.8, 4) is 0 Å². The number of nitrogens with zero attached hydrogens (tertiary/aromatic N) is 1. The van der Waals surface area contributed by atoms with Gasteiger partial charge in [0.05, 0.1) is 5.33 Å². The van der Waals surface area contributed by atoms with Crippen LogP contribution in [0.2, 0.25) is 0 Å². The molecular weight excluding hydrogens is 224 g/mol. The molecule has 0 aromatic heterocycles. The largest absolute Gasteiger partial charge is 0.368 e. The Bertz CT molecular complexity index is 208. The number of amides is 2. The van der Waals surface area contributed by atoms with Gasteiger partial charge in [-0.1, -0.05) is 15.9 Å². The molecule has 1 rings (SSSR count). The molecule has 1 saturated heterocycles. The van der Waals surface area contributed by atoms with Gasteiger partial charge < -0.3 is 10.6 Å². The lowest BCUT2D eigenvalue weighted by molar-refractivity contribution is -0.134. The lowest BCUT2D eigenvalue weighted by Crippen LogP contribution is -2.44. The summed E-state index contributed by atoms with van der Waals surface area (Å²) in [7, 11) is 0. The molecule has 0 aromatic carbocycles. The topological polar surface area (TPSA) is 63.4 Å². The van der Waals surface area contributed by atoms with Crippen LogP contribution < -0.4 is 5.73 Å². The van der Waals surface area contributed by atoms with Crippen molar-refractivity contribution in [3.05, 3.63) is 6.42 Å². The van der Waals surface area contributed by atoms with E-state index < -0.39 is 11.9 Å². The number of halogens is 1. The summed E-state index contributed by atoms with van der Waals surface area (Å²) in [6.45, 7) is 0.595. The van der Waals surface area contributed by atoms with E-state index in [4.69, 9.17) is 5.73 Å².